The van der Waals surface area contributed by atoms with E-state index in [9.17, 15) is 13.6 Å². The molecule has 0 bridgehead atoms. The van der Waals surface area contributed by atoms with Crippen molar-refractivity contribution in [2.24, 2.45) is 0 Å². The normalized spacial score (nSPS) is 10.9. The van der Waals surface area contributed by atoms with Gasteiger partial charge in [0.05, 0.1) is 34.1 Å². The molecule has 0 aliphatic carbocycles. The van der Waals surface area contributed by atoms with Crippen molar-refractivity contribution in [3.63, 3.8) is 0 Å². The van der Waals surface area contributed by atoms with E-state index in [-0.39, 0.29) is 22.0 Å². The van der Waals surface area contributed by atoms with Gasteiger partial charge in [-0.25, -0.2) is 13.8 Å². The molecule has 3 aromatic carbocycles. The molecule has 10 heteroatoms. The zero-order valence-corrected chi connectivity index (χ0v) is 18.0. The number of amides is 1. The molecule has 1 amide bonds. The molecule has 0 radical (unpaired) electrons. The molecule has 0 atom stereocenters. The lowest BCUT2D eigenvalue weighted by Gasteiger charge is -2.11. The zero-order valence-electron chi connectivity index (χ0n) is 17.2. The minimum Gasteiger partial charge on any atom is -0.454 e. The number of carbonyl (C=O) groups excluding carboxylic acids is 1. The van der Waals surface area contributed by atoms with Crippen molar-refractivity contribution in [2.45, 2.75) is 0 Å². The molecule has 2 N–H and O–H groups in total. The first-order valence-corrected chi connectivity index (χ1v) is 10.3. The molecule has 0 spiro atoms. The quantitative estimate of drug-likeness (QED) is 0.324. The number of H-pyrrole nitrogens is 1. The van der Waals surface area contributed by atoms with Crippen LogP contribution in [0.15, 0.2) is 73.2 Å². The Balaban J connectivity index is 1.39. The predicted molar refractivity (Wildman–Crippen MR) is 123 cm³/mol. The Morgan fingerprint density at radius 2 is 1.85 bits per heavy atom. The van der Waals surface area contributed by atoms with Gasteiger partial charge in [0, 0.05) is 35.1 Å². The molecule has 7 nitrogen and oxygen atoms in total. The summed E-state index contributed by atoms with van der Waals surface area (Å²) in [6.07, 6.45) is 4.96. The summed E-state index contributed by atoms with van der Waals surface area (Å²) < 4.78 is 33.8. The van der Waals surface area contributed by atoms with Crippen LogP contribution in [-0.2, 0) is 0 Å². The lowest BCUT2D eigenvalue weighted by atomic mass is 10.2. The predicted octanol–water partition coefficient (Wildman–Crippen LogP) is 6.00. The molecule has 0 saturated carbocycles. The number of halogens is 3. The van der Waals surface area contributed by atoms with Crippen molar-refractivity contribution in [1.82, 2.24) is 20.2 Å². The van der Waals surface area contributed by atoms with Crippen LogP contribution in [0.25, 0.3) is 22.3 Å². The highest BCUT2D eigenvalue weighted by atomic mass is 35.5. The van der Waals surface area contributed by atoms with Crippen LogP contribution < -0.4 is 10.1 Å². The largest absolute Gasteiger partial charge is 0.454 e. The van der Waals surface area contributed by atoms with E-state index < -0.39 is 17.5 Å². The summed E-state index contributed by atoms with van der Waals surface area (Å²) >= 11 is 5.65. The van der Waals surface area contributed by atoms with Crippen molar-refractivity contribution in [3.05, 3.63) is 95.4 Å². The number of anilines is 1. The third-order valence-electron chi connectivity index (χ3n) is 4.91. The summed E-state index contributed by atoms with van der Waals surface area (Å²) in [5.74, 6) is -1.71. The van der Waals surface area contributed by atoms with Gasteiger partial charge in [0.15, 0.2) is 11.6 Å². The number of nitrogens with zero attached hydrogens (tertiary/aromatic N) is 3. The number of hydrogen-bond donors (Lipinski definition) is 2. The molecule has 34 heavy (non-hydrogen) atoms. The van der Waals surface area contributed by atoms with E-state index in [0.717, 1.165) is 17.7 Å². The van der Waals surface area contributed by atoms with Crippen LogP contribution in [-0.4, -0.2) is 26.1 Å². The highest BCUT2D eigenvalue weighted by Gasteiger charge is 2.13. The maximum atomic E-state index is 14.4. The van der Waals surface area contributed by atoms with Crippen LogP contribution in [0.1, 0.15) is 10.4 Å². The SMILES string of the molecule is O=C(Nc1ccc(F)c(Oc2ccc3ncc(-c4cn[nH]c4)nc3c2)c1)c1ccc(Cl)c(F)c1. The fraction of sp³-hybridized carbons (Fsp3) is 0. The number of ether oxygens (including phenoxy) is 1. The second-order valence-corrected chi connectivity index (χ2v) is 7.63. The van der Waals surface area contributed by atoms with E-state index in [1.54, 1.807) is 36.8 Å². The van der Waals surface area contributed by atoms with Crippen LogP contribution in [0.5, 0.6) is 11.5 Å². The average Bonchev–Trinajstić information content (AvgIpc) is 3.37. The first-order chi connectivity index (χ1) is 16.5. The van der Waals surface area contributed by atoms with Gasteiger partial charge >= 0.3 is 0 Å². The molecule has 5 aromatic rings. The number of carbonyl (C=O) groups is 1. The number of nitrogens with one attached hydrogen (secondary N) is 2. The van der Waals surface area contributed by atoms with Crippen LogP contribution in [0.3, 0.4) is 0 Å². The number of aromatic amines is 1. The summed E-state index contributed by atoms with van der Waals surface area (Å²) in [7, 11) is 0. The second kappa shape index (κ2) is 8.87. The molecule has 168 valence electrons. The number of benzene rings is 3. The van der Waals surface area contributed by atoms with E-state index in [0.29, 0.717) is 22.5 Å². The smallest absolute Gasteiger partial charge is 0.255 e. The third-order valence-corrected chi connectivity index (χ3v) is 5.21. The van der Waals surface area contributed by atoms with Gasteiger partial charge in [-0.1, -0.05) is 11.6 Å². The van der Waals surface area contributed by atoms with E-state index in [1.165, 1.54) is 24.3 Å². The third kappa shape index (κ3) is 4.41. The Morgan fingerprint density at radius 1 is 0.971 bits per heavy atom. The fourth-order valence-electron chi connectivity index (χ4n) is 3.21. The number of rotatable bonds is 5. The first kappa shape index (κ1) is 21.5. The van der Waals surface area contributed by atoms with E-state index in [1.807, 2.05) is 0 Å². The van der Waals surface area contributed by atoms with E-state index in [4.69, 9.17) is 16.3 Å². The van der Waals surface area contributed by atoms with Gasteiger partial charge in [0.25, 0.3) is 5.91 Å². The van der Waals surface area contributed by atoms with Crippen molar-refractivity contribution in [2.75, 3.05) is 5.32 Å². The summed E-state index contributed by atoms with van der Waals surface area (Å²) in [4.78, 5) is 21.4. The minimum absolute atomic E-state index is 0.0650. The van der Waals surface area contributed by atoms with Gasteiger partial charge in [0.2, 0.25) is 0 Å². The van der Waals surface area contributed by atoms with E-state index in [2.05, 4.69) is 25.5 Å². The molecule has 5 rings (SSSR count). The van der Waals surface area contributed by atoms with Crippen LogP contribution >= 0.6 is 11.6 Å². The lowest BCUT2D eigenvalue weighted by Crippen LogP contribution is -2.12. The molecule has 0 saturated heterocycles. The van der Waals surface area contributed by atoms with E-state index >= 15 is 0 Å². The van der Waals surface area contributed by atoms with Gasteiger partial charge in [-0.05, 0) is 42.5 Å². The molecule has 2 aromatic heterocycles. The highest BCUT2D eigenvalue weighted by molar-refractivity contribution is 6.30. The molecule has 0 aliphatic rings. The molecule has 0 fully saturated rings. The Bertz CT molecular complexity index is 1530. The van der Waals surface area contributed by atoms with Gasteiger partial charge < -0.3 is 10.1 Å². The number of hydrogen-bond acceptors (Lipinski definition) is 5. The summed E-state index contributed by atoms with van der Waals surface area (Å²) in [6.45, 7) is 0. The summed E-state index contributed by atoms with van der Waals surface area (Å²) in [5, 5.41) is 9.12. The Hall–Kier alpha value is -4.37. The van der Waals surface area contributed by atoms with Crippen molar-refractivity contribution >= 4 is 34.2 Å². The zero-order chi connectivity index (χ0) is 23.7. The average molecular weight is 478 g/mol. The van der Waals surface area contributed by atoms with Crippen molar-refractivity contribution in [1.29, 1.82) is 0 Å². The monoisotopic (exact) mass is 477 g/mol. The molecule has 0 unspecified atom stereocenters. The Labute approximate surface area is 196 Å². The van der Waals surface area contributed by atoms with Gasteiger partial charge in [-0.15, -0.1) is 0 Å². The maximum absolute atomic E-state index is 14.4. The standard InChI is InChI=1S/C24H14ClF2N5O2/c25-17-4-1-13(7-19(17)27)24(33)31-15-2-5-18(26)23(8-15)34-16-3-6-20-21(9-16)32-22(12-28-20)14-10-29-30-11-14/h1-12H,(H,29,30)(H,31,33). The second-order valence-electron chi connectivity index (χ2n) is 7.22. The maximum Gasteiger partial charge on any atom is 0.255 e. The number of aromatic nitrogens is 4. The topological polar surface area (TPSA) is 92.8 Å². The molecular formula is C24H14ClF2N5O2. The Morgan fingerprint density at radius 3 is 2.65 bits per heavy atom. The molecule has 2 heterocycles. The fourth-order valence-corrected chi connectivity index (χ4v) is 3.33. The molecule has 0 aliphatic heterocycles. The van der Waals surface area contributed by atoms with Gasteiger partial charge in [0.1, 0.15) is 11.6 Å². The first-order valence-electron chi connectivity index (χ1n) is 9.96. The lowest BCUT2D eigenvalue weighted by molar-refractivity contribution is 0.102. The van der Waals surface area contributed by atoms with Gasteiger partial charge in [-0.3, -0.25) is 14.9 Å². The van der Waals surface area contributed by atoms with Crippen molar-refractivity contribution < 1.29 is 18.3 Å². The highest BCUT2D eigenvalue weighted by Crippen LogP contribution is 2.30. The van der Waals surface area contributed by atoms with Crippen LogP contribution in [0.2, 0.25) is 5.02 Å². The number of fused-ring (bicyclic) bond motifs is 1. The van der Waals surface area contributed by atoms with Crippen LogP contribution in [0.4, 0.5) is 14.5 Å². The summed E-state index contributed by atoms with van der Waals surface area (Å²) in [5.41, 5.74) is 2.90. The Kier molecular flexibility index (Phi) is 5.60. The summed E-state index contributed by atoms with van der Waals surface area (Å²) in [6, 6.07) is 12.5. The van der Waals surface area contributed by atoms with Crippen molar-refractivity contribution in [3.8, 4) is 22.8 Å². The van der Waals surface area contributed by atoms with Crippen LogP contribution in [0, 0.1) is 11.6 Å². The molecular weight excluding hydrogens is 464 g/mol. The van der Waals surface area contributed by atoms with Gasteiger partial charge in [-0.2, -0.15) is 5.10 Å². The minimum atomic E-state index is -0.715.